The number of pyridine rings is 1. The van der Waals surface area contributed by atoms with Crippen LogP contribution in [0.1, 0.15) is 24.2 Å². The molecule has 1 aliphatic rings. The molecular formula is C15H20N2O2. The van der Waals surface area contributed by atoms with Crippen LogP contribution in [-0.2, 0) is 9.53 Å². The summed E-state index contributed by atoms with van der Waals surface area (Å²) < 4.78 is 4.88. The topological polar surface area (TPSA) is 42.4 Å². The summed E-state index contributed by atoms with van der Waals surface area (Å²) in [5.74, 6) is 0.0789. The van der Waals surface area contributed by atoms with Gasteiger partial charge in [-0.2, -0.15) is 0 Å². The first-order valence-corrected chi connectivity index (χ1v) is 6.59. The minimum absolute atomic E-state index is 0.0789. The Morgan fingerprint density at radius 3 is 2.79 bits per heavy atom. The molecule has 0 spiro atoms. The van der Waals surface area contributed by atoms with Crippen molar-refractivity contribution in [3.63, 3.8) is 0 Å². The van der Waals surface area contributed by atoms with Gasteiger partial charge in [-0.05, 0) is 38.0 Å². The molecule has 1 aliphatic heterocycles. The quantitative estimate of drug-likeness (QED) is 0.835. The second kappa shape index (κ2) is 6.48. The Hall–Kier alpha value is -1.68. The zero-order chi connectivity index (χ0) is 13.7. The van der Waals surface area contributed by atoms with Crippen molar-refractivity contribution in [1.29, 1.82) is 0 Å². The van der Waals surface area contributed by atoms with E-state index in [1.54, 1.807) is 7.11 Å². The summed E-state index contributed by atoms with van der Waals surface area (Å²) in [5, 5.41) is 0. The van der Waals surface area contributed by atoms with Crippen molar-refractivity contribution < 1.29 is 9.53 Å². The Kier molecular flexibility index (Phi) is 4.68. The highest BCUT2D eigenvalue weighted by Gasteiger charge is 2.18. The Morgan fingerprint density at radius 1 is 1.42 bits per heavy atom. The first-order valence-electron chi connectivity index (χ1n) is 6.59. The van der Waals surface area contributed by atoms with Crippen LogP contribution in [0.4, 0.5) is 0 Å². The van der Waals surface area contributed by atoms with Crippen LogP contribution in [0.2, 0.25) is 0 Å². The van der Waals surface area contributed by atoms with Crippen molar-refractivity contribution in [2.24, 2.45) is 0 Å². The third kappa shape index (κ3) is 3.89. The van der Waals surface area contributed by atoms with Crippen LogP contribution in [-0.4, -0.2) is 42.6 Å². The van der Waals surface area contributed by atoms with Crippen molar-refractivity contribution in [3.05, 3.63) is 35.2 Å². The highest BCUT2D eigenvalue weighted by Crippen LogP contribution is 2.19. The van der Waals surface area contributed by atoms with Crippen LogP contribution in [0.25, 0.3) is 6.08 Å². The van der Waals surface area contributed by atoms with Crippen LogP contribution in [0.5, 0.6) is 0 Å². The van der Waals surface area contributed by atoms with Gasteiger partial charge in [0.05, 0.1) is 5.69 Å². The molecule has 0 aromatic carbocycles. The van der Waals surface area contributed by atoms with E-state index in [1.165, 1.54) is 5.57 Å². The molecule has 4 nitrogen and oxygen atoms in total. The number of aryl methyl sites for hydroxylation is 1. The molecule has 0 bridgehead atoms. The summed E-state index contributed by atoms with van der Waals surface area (Å²) in [6.07, 6.45) is 3.99. The zero-order valence-electron chi connectivity index (χ0n) is 11.6. The molecule has 1 fully saturated rings. The van der Waals surface area contributed by atoms with E-state index in [4.69, 9.17) is 4.74 Å². The van der Waals surface area contributed by atoms with Crippen molar-refractivity contribution >= 4 is 12.0 Å². The highest BCUT2D eigenvalue weighted by molar-refractivity contribution is 5.77. The summed E-state index contributed by atoms with van der Waals surface area (Å²) >= 11 is 0. The second-order valence-electron chi connectivity index (χ2n) is 4.82. The van der Waals surface area contributed by atoms with Crippen molar-refractivity contribution in [2.45, 2.75) is 19.8 Å². The van der Waals surface area contributed by atoms with E-state index in [9.17, 15) is 4.79 Å². The molecule has 0 saturated carbocycles. The zero-order valence-corrected chi connectivity index (χ0v) is 11.6. The minimum Gasteiger partial charge on any atom is -0.375 e. The van der Waals surface area contributed by atoms with Crippen molar-refractivity contribution in [2.75, 3.05) is 26.8 Å². The molecule has 1 amide bonds. The lowest BCUT2D eigenvalue weighted by Gasteiger charge is -2.28. The van der Waals surface area contributed by atoms with Gasteiger partial charge in [-0.3, -0.25) is 9.78 Å². The van der Waals surface area contributed by atoms with E-state index in [0.717, 1.165) is 37.3 Å². The van der Waals surface area contributed by atoms with E-state index in [-0.39, 0.29) is 12.5 Å². The van der Waals surface area contributed by atoms with Gasteiger partial charge in [-0.25, -0.2) is 0 Å². The van der Waals surface area contributed by atoms with E-state index in [2.05, 4.69) is 11.1 Å². The monoisotopic (exact) mass is 260 g/mol. The fourth-order valence-electron chi connectivity index (χ4n) is 2.26. The number of hydrogen-bond acceptors (Lipinski definition) is 3. The maximum Gasteiger partial charge on any atom is 0.248 e. The number of rotatable bonds is 3. The SMILES string of the molecule is COCC(=O)N1CCC(=Cc2cccc(C)n2)CC1. The third-order valence-electron chi connectivity index (χ3n) is 3.29. The predicted octanol–water partition coefficient (Wildman–Crippen LogP) is 2.04. The molecule has 1 saturated heterocycles. The van der Waals surface area contributed by atoms with Gasteiger partial charge >= 0.3 is 0 Å². The molecular weight excluding hydrogens is 240 g/mol. The lowest BCUT2D eigenvalue weighted by atomic mass is 10.0. The average molecular weight is 260 g/mol. The third-order valence-corrected chi connectivity index (χ3v) is 3.29. The summed E-state index contributed by atoms with van der Waals surface area (Å²) in [7, 11) is 1.55. The molecule has 19 heavy (non-hydrogen) atoms. The molecule has 0 aliphatic carbocycles. The van der Waals surface area contributed by atoms with Gasteiger partial charge in [0.2, 0.25) is 5.91 Å². The van der Waals surface area contributed by atoms with E-state index in [1.807, 2.05) is 30.0 Å². The molecule has 4 heteroatoms. The Labute approximate surface area is 114 Å². The fourth-order valence-corrected chi connectivity index (χ4v) is 2.26. The minimum atomic E-state index is 0.0789. The lowest BCUT2D eigenvalue weighted by Crippen LogP contribution is -2.38. The maximum atomic E-state index is 11.7. The van der Waals surface area contributed by atoms with Crippen LogP contribution in [0, 0.1) is 6.92 Å². The summed E-state index contributed by atoms with van der Waals surface area (Å²) in [4.78, 5) is 18.0. The first kappa shape index (κ1) is 13.7. The number of methoxy groups -OCH3 is 1. The Bertz CT molecular complexity index is 473. The summed E-state index contributed by atoms with van der Waals surface area (Å²) in [6.45, 7) is 3.73. The van der Waals surface area contributed by atoms with Gasteiger partial charge in [0.15, 0.2) is 0 Å². The predicted molar refractivity (Wildman–Crippen MR) is 74.6 cm³/mol. The molecule has 2 rings (SSSR count). The summed E-state index contributed by atoms with van der Waals surface area (Å²) in [6, 6.07) is 6.03. The van der Waals surface area contributed by atoms with E-state index >= 15 is 0 Å². The normalized spacial score (nSPS) is 15.5. The highest BCUT2D eigenvalue weighted by atomic mass is 16.5. The first-order chi connectivity index (χ1) is 9.19. The number of aromatic nitrogens is 1. The number of carbonyl (C=O) groups is 1. The van der Waals surface area contributed by atoms with Crippen LogP contribution < -0.4 is 0 Å². The molecule has 0 unspecified atom stereocenters. The molecule has 1 aromatic heterocycles. The number of likely N-dealkylation sites (tertiary alicyclic amines) is 1. The van der Waals surface area contributed by atoms with E-state index < -0.39 is 0 Å². The smallest absolute Gasteiger partial charge is 0.248 e. The van der Waals surface area contributed by atoms with Crippen molar-refractivity contribution in [3.8, 4) is 0 Å². The number of nitrogens with zero attached hydrogens (tertiary/aromatic N) is 2. The van der Waals surface area contributed by atoms with Crippen LogP contribution in [0.15, 0.2) is 23.8 Å². The van der Waals surface area contributed by atoms with Gasteiger partial charge < -0.3 is 9.64 Å². The van der Waals surface area contributed by atoms with Crippen LogP contribution >= 0.6 is 0 Å². The Balaban J connectivity index is 1.94. The largest absolute Gasteiger partial charge is 0.375 e. The second-order valence-corrected chi connectivity index (χ2v) is 4.82. The lowest BCUT2D eigenvalue weighted by molar-refractivity contribution is -0.135. The van der Waals surface area contributed by atoms with Gasteiger partial charge in [-0.15, -0.1) is 0 Å². The van der Waals surface area contributed by atoms with Gasteiger partial charge in [0.1, 0.15) is 6.61 Å². The van der Waals surface area contributed by atoms with Crippen molar-refractivity contribution in [1.82, 2.24) is 9.88 Å². The van der Waals surface area contributed by atoms with Gasteiger partial charge in [0.25, 0.3) is 0 Å². The molecule has 0 N–H and O–H groups in total. The molecule has 0 radical (unpaired) electrons. The number of carbonyl (C=O) groups excluding carboxylic acids is 1. The van der Waals surface area contributed by atoms with E-state index in [0.29, 0.717) is 0 Å². The number of hydrogen-bond donors (Lipinski definition) is 0. The standard InChI is InChI=1S/C15H20N2O2/c1-12-4-3-5-14(16-12)10-13-6-8-17(9-7-13)15(18)11-19-2/h3-5,10H,6-9,11H2,1-2H3. The number of piperidine rings is 1. The fraction of sp³-hybridized carbons (Fsp3) is 0.467. The van der Waals surface area contributed by atoms with Gasteiger partial charge in [-0.1, -0.05) is 11.6 Å². The average Bonchev–Trinajstić information content (AvgIpc) is 2.40. The summed E-state index contributed by atoms with van der Waals surface area (Å²) in [5.41, 5.74) is 3.40. The molecule has 1 aromatic rings. The molecule has 0 atom stereocenters. The van der Waals surface area contributed by atoms with Crippen LogP contribution in [0.3, 0.4) is 0 Å². The number of amides is 1. The van der Waals surface area contributed by atoms with Gasteiger partial charge in [0, 0.05) is 25.9 Å². The number of ether oxygens (including phenoxy) is 1. The Morgan fingerprint density at radius 2 is 2.16 bits per heavy atom. The maximum absolute atomic E-state index is 11.7. The molecule has 2 heterocycles. The molecule has 102 valence electrons.